The summed E-state index contributed by atoms with van der Waals surface area (Å²) in [6, 6.07) is 4.38. The second-order valence-corrected chi connectivity index (χ2v) is 10.3. The van der Waals surface area contributed by atoms with Crippen LogP contribution in [0.4, 0.5) is 0 Å². The van der Waals surface area contributed by atoms with Gasteiger partial charge in [0.1, 0.15) is 10.6 Å². The summed E-state index contributed by atoms with van der Waals surface area (Å²) < 4.78 is 33.5. The number of nitrogens with one attached hydrogen (secondary N) is 2. The molecule has 0 radical (unpaired) electrons. The summed E-state index contributed by atoms with van der Waals surface area (Å²) in [5, 5.41) is 2.89. The van der Waals surface area contributed by atoms with Gasteiger partial charge in [-0.3, -0.25) is 9.59 Å². The number of piperidine rings is 1. The van der Waals surface area contributed by atoms with Crippen LogP contribution in [0.5, 0.6) is 5.75 Å². The van der Waals surface area contributed by atoms with Gasteiger partial charge in [0.15, 0.2) is 0 Å². The molecular formula is C21H33N3O5S. The molecule has 1 saturated heterocycles. The van der Waals surface area contributed by atoms with Gasteiger partial charge in [0, 0.05) is 30.7 Å². The fraction of sp³-hybridized carbons (Fsp3) is 0.619. The number of nitrogens with zero attached hydrogens (tertiary/aromatic N) is 1. The molecule has 30 heavy (non-hydrogen) atoms. The van der Waals surface area contributed by atoms with Crippen molar-refractivity contribution in [3.8, 4) is 5.75 Å². The number of benzene rings is 1. The first kappa shape index (κ1) is 24.1. The largest absolute Gasteiger partial charge is 0.495 e. The van der Waals surface area contributed by atoms with Crippen molar-refractivity contribution in [3.63, 3.8) is 0 Å². The molecule has 1 atom stereocenters. The maximum absolute atomic E-state index is 13.1. The number of methoxy groups -OCH3 is 1. The SMILES string of the molecule is CCCNC(=O)C1CCCN(C(=O)c2ccc(OC)c(S(=O)(=O)NC(C)(C)C)c2)C1. The number of amides is 2. The zero-order chi connectivity index (χ0) is 22.5. The highest BCUT2D eigenvalue weighted by Gasteiger charge is 2.31. The summed E-state index contributed by atoms with van der Waals surface area (Å²) in [6.45, 7) is 8.68. The van der Waals surface area contributed by atoms with Crippen LogP contribution in [0.3, 0.4) is 0 Å². The number of likely N-dealkylation sites (tertiary alicyclic amines) is 1. The second-order valence-electron chi connectivity index (χ2n) is 8.60. The first-order valence-electron chi connectivity index (χ1n) is 10.3. The molecule has 1 aromatic rings. The Balaban J connectivity index is 2.27. The molecule has 1 heterocycles. The van der Waals surface area contributed by atoms with Crippen molar-refractivity contribution >= 4 is 21.8 Å². The van der Waals surface area contributed by atoms with Gasteiger partial charge in [0.05, 0.1) is 13.0 Å². The number of carbonyl (C=O) groups is 2. The van der Waals surface area contributed by atoms with Gasteiger partial charge in [-0.15, -0.1) is 0 Å². The topological polar surface area (TPSA) is 105 Å². The number of hydrogen-bond acceptors (Lipinski definition) is 5. The molecule has 1 unspecified atom stereocenters. The Hall–Kier alpha value is -2.13. The third-order valence-electron chi connectivity index (χ3n) is 4.77. The second kappa shape index (κ2) is 9.78. The molecule has 0 aliphatic carbocycles. The maximum Gasteiger partial charge on any atom is 0.253 e. The van der Waals surface area contributed by atoms with Gasteiger partial charge in [-0.1, -0.05) is 6.92 Å². The van der Waals surface area contributed by atoms with Gasteiger partial charge in [0.25, 0.3) is 5.91 Å². The molecule has 1 aliphatic heterocycles. The van der Waals surface area contributed by atoms with E-state index in [1.807, 2.05) is 6.92 Å². The van der Waals surface area contributed by atoms with Crippen LogP contribution >= 0.6 is 0 Å². The highest BCUT2D eigenvalue weighted by atomic mass is 32.2. The van der Waals surface area contributed by atoms with Crippen molar-refractivity contribution in [2.45, 2.75) is 57.4 Å². The van der Waals surface area contributed by atoms with Crippen molar-refractivity contribution < 1.29 is 22.7 Å². The predicted molar refractivity (Wildman–Crippen MR) is 115 cm³/mol. The molecule has 0 saturated carbocycles. The normalized spacial score (nSPS) is 17.5. The Bertz CT molecular complexity index is 877. The Labute approximate surface area is 179 Å². The average molecular weight is 440 g/mol. The lowest BCUT2D eigenvalue weighted by Gasteiger charge is -2.32. The molecule has 0 aromatic heterocycles. The quantitative estimate of drug-likeness (QED) is 0.677. The van der Waals surface area contributed by atoms with E-state index in [4.69, 9.17) is 4.74 Å². The molecular weight excluding hydrogens is 406 g/mol. The van der Waals surface area contributed by atoms with Crippen molar-refractivity contribution in [1.82, 2.24) is 14.9 Å². The lowest BCUT2D eigenvalue weighted by molar-refractivity contribution is -0.126. The van der Waals surface area contributed by atoms with Gasteiger partial charge in [-0.2, -0.15) is 0 Å². The van der Waals surface area contributed by atoms with Gasteiger partial charge >= 0.3 is 0 Å². The molecule has 0 bridgehead atoms. The van der Waals surface area contributed by atoms with Crippen LogP contribution in [0.15, 0.2) is 23.1 Å². The summed E-state index contributed by atoms with van der Waals surface area (Å²) in [6.07, 6.45) is 2.31. The third-order valence-corrected chi connectivity index (χ3v) is 6.55. The number of hydrogen-bond donors (Lipinski definition) is 2. The predicted octanol–water partition coefficient (Wildman–Crippen LogP) is 2.15. The number of carbonyl (C=O) groups excluding carboxylic acids is 2. The Kier molecular flexibility index (Phi) is 7.87. The van der Waals surface area contributed by atoms with E-state index < -0.39 is 15.6 Å². The van der Waals surface area contributed by atoms with E-state index in [2.05, 4.69) is 10.0 Å². The van der Waals surface area contributed by atoms with Crippen LogP contribution in [0.2, 0.25) is 0 Å². The van der Waals surface area contributed by atoms with E-state index in [-0.39, 0.29) is 33.9 Å². The summed E-state index contributed by atoms with van der Waals surface area (Å²) >= 11 is 0. The van der Waals surface area contributed by atoms with Gasteiger partial charge in [-0.25, -0.2) is 13.1 Å². The maximum atomic E-state index is 13.1. The minimum atomic E-state index is -3.89. The van der Waals surface area contributed by atoms with E-state index in [0.717, 1.165) is 19.3 Å². The van der Waals surface area contributed by atoms with Gasteiger partial charge in [-0.05, 0) is 58.2 Å². The fourth-order valence-electron chi connectivity index (χ4n) is 3.43. The van der Waals surface area contributed by atoms with Crippen molar-refractivity contribution in [2.24, 2.45) is 5.92 Å². The van der Waals surface area contributed by atoms with Crippen LogP contribution in [0.1, 0.15) is 57.3 Å². The Morgan fingerprint density at radius 2 is 1.97 bits per heavy atom. The minimum absolute atomic E-state index is 0.0401. The smallest absolute Gasteiger partial charge is 0.253 e. The lowest BCUT2D eigenvalue weighted by atomic mass is 9.96. The summed E-state index contributed by atoms with van der Waals surface area (Å²) in [7, 11) is -2.51. The first-order chi connectivity index (χ1) is 14.0. The molecule has 2 amide bonds. The average Bonchev–Trinajstić information content (AvgIpc) is 2.69. The molecule has 2 N–H and O–H groups in total. The first-order valence-corrected chi connectivity index (χ1v) is 11.8. The standard InChI is InChI=1S/C21H33N3O5S/c1-6-11-22-19(25)16-8-7-12-24(14-16)20(26)15-9-10-17(29-5)18(13-15)30(27,28)23-21(2,3)4/h9-10,13,16,23H,6-8,11-12,14H2,1-5H3,(H,22,25). The third kappa shape index (κ3) is 6.18. The van der Waals surface area contributed by atoms with E-state index in [1.54, 1.807) is 31.7 Å². The molecule has 1 aromatic carbocycles. The molecule has 9 heteroatoms. The monoisotopic (exact) mass is 439 g/mol. The van der Waals surface area contributed by atoms with Crippen molar-refractivity contribution in [3.05, 3.63) is 23.8 Å². The molecule has 1 aliphatic rings. The van der Waals surface area contributed by atoms with E-state index in [1.165, 1.54) is 19.2 Å². The summed E-state index contributed by atoms with van der Waals surface area (Å²) in [5.74, 6) is -0.420. The zero-order valence-corrected chi connectivity index (χ0v) is 19.3. The van der Waals surface area contributed by atoms with Crippen LogP contribution in [0.25, 0.3) is 0 Å². The highest BCUT2D eigenvalue weighted by Crippen LogP contribution is 2.27. The molecule has 8 nitrogen and oxygen atoms in total. The van der Waals surface area contributed by atoms with Crippen LogP contribution in [0, 0.1) is 5.92 Å². The molecule has 0 spiro atoms. The highest BCUT2D eigenvalue weighted by molar-refractivity contribution is 7.89. The van der Waals surface area contributed by atoms with Gasteiger partial charge in [0.2, 0.25) is 15.9 Å². The number of ether oxygens (including phenoxy) is 1. The van der Waals surface area contributed by atoms with Crippen LogP contribution in [-0.2, 0) is 14.8 Å². The zero-order valence-electron chi connectivity index (χ0n) is 18.4. The van der Waals surface area contributed by atoms with Crippen LogP contribution < -0.4 is 14.8 Å². The lowest BCUT2D eigenvalue weighted by Crippen LogP contribution is -2.45. The minimum Gasteiger partial charge on any atom is -0.495 e. The summed E-state index contributed by atoms with van der Waals surface area (Å²) in [5.41, 5.74) is -0.435. The summed E-state index contributed by atoms with van der Waals surface area (Å²) in [4.78, 5) is 26.9. The Morgan fingerprint density at radius 3 is 2.57 bits per heavy atom. The molecule has 168 valence electrons. The number of sulfonamides is 1. The van der Waals surface area contributed by atoms with Gasteiger partial charge < -0.3 is 15.0 Å². The van der Waals surface area contributed by atoms with E-state index in [0.29, 0.717) is 19.6 Å². The molecule has 1 fully saturated rings. The Morgan fingerprint density at radius 1 is 1.27 bits per heavy atom. The number of rotatable bonds is 7. The fourth-order valence-corrected chi connectivity index (χ4v) is 5.04. The van der Waals surface area contributed by atoms with E-state index in [9.17, 15) is 18.0 Å². The van der Waals surface area contributed by atoms with E-state index >= 15 is 0 Å². The van der Waals surface area contributed by atoms with Crippen molar-refractivity contribution in [1.29, 1.82) is 0 Å². The molecule has 2 rings (SSSR count). The van der Waals surface area contributed by atoms with Crippen molar-refractivity contribution in [2.75, 3.05) is 26.7 Å². The van der Waals surface area contributed by atoms with Crippen LogP contribution in [-0.4, -0.2) is 57.4 Å².